The molecule has 102 valence electrons. The zero-order valence-electron chi connectivity index (χ0n) is 10.3. The monoisotopic (exact) mass is 338 g/mol. The molecule has 0 saturated carbocycles. The molecule has 0 radical (unpaired) electrons. The first-order chi connectivity index (χ1) is 8.41. The van der Waals surface area contributed by atoms with E-state index >= 15 is 0 Å². The summed E-state index contributed by atoms with van der Waals surface area (Å²) in [5.41, 5.74) is 0. The van der Waals surface area contributed by atoms with Crippen LogP contribution in [0.1, 0.15) is 20.3 Å². The van der Waals surface area contributed by atoms with Crippen LogP contribution in [-0.2, 0) is 10.0 Å². The van der Waals surface area contributed by atoms with Crippen molar-refractivity contribution in [2.24, 2.45) is 0 Å². The first-order valence-corrected chi connectivity index (χ1v) is 8.15. The van der Waals surface area contributed by atoms with E-state index in [9.17, 15) is 12.8 Å². The number of aromatic nitrogens is 1. The van der Waals surface area contributed by atoms with Gasteiger partial charge in [-0.2, -0.15) is 4.31 Å². The summed E-state index contributed by atoms with van der Waals surface area (Å²) in [6.07, 6.45) is 1.94. The summed E-state index contributed by atoms with van der Waals surface area (Å²) < 4.78 is 39.4. The average molecular weight is 339 g/mol. The summed E-state index contributed by atoms with van der Waals surface area (Å²) in [6.45, 7) is 3.85. The van der Waals surface area contributed by atoms with Crippen LogP contribution in [0.15, 0.2) is 23.4 Å². The molecule has 1 aromatic heterocycles. The number of halogens is 2. The van der Waals surface area contributed by atoms with E-state index in [4.69, 9.17) is 0 Å². The molecule has 7 heteroatoms. The van der Waals surface area contributed by atoms with Gasteiger partial charge < -0.3 is 0 Å². The Balaban J connectivity index is 3.14. The number of nitrogens with zero attached hydrogens (tertiary/aromatic N) is 2. The van der Waals surface area contributed by atoms with E-state index in [2.05, 4.69) is 20.9 Å². The van der Waals surface area contributed by atoms with Crippen LogP contribution in [0.2, 0.25) is 0 Å². The second-order valence-corrected chi connectivity index (χ2v) is 6.64. The van der Waals surface area contributed by atoms with Crippen molar-refractivity contribution in [1.82, 2.24) is 9.29 Å². The molecule has 0 spiro atoms. The van der Waals surface area contributed by atoms with Gasteiger partial charge in [-0.1, -0.05) is 15.9 Å². The topological polar surface area (TPSA) is 50.3 Å². The van der Waals surface area contributed by atoms with Gasteiger partial charge in [0, 0.05) is 24.1 Å². The maximum atomic E-state index is 13.6. The van der Waals surface area contributed by atoms with Crippen LogP contribution >= 0.6 is 15.9 Å². The standard InChI is InChI=1S/C11H16BrFN2O2S/c1-9(2)15(8-4-6-12)18(16,17)11-10(13)5-3-7-14-11/h3,5,7,9H,4,6,8H2,1-2H3. The van der Waals surface area contributed by atoms with Crippen molar-refractivity contribution in [1.29, 1.82) is 0 Å². The van der Waals surface area contributed by atoms with Crippen LogP contribution < -0.4 is 0 Å². The van der Waals surface area contributed by atoms with Crippen molar-refractivity contribution in [3.63, 3.8) is 0 Å². The third-order valence-electron chi connectivity index (χ3n) is 2.37. The largest absolute Gasteiger partial charge is 0.263 e. The van der Waals surface area contributed by atoms with E-state index in [1.807, 2.05) is 0 Å². The maximum absolute atomic E-state index is 13.6. The van der Waals surface area contributed by atoms with Gasteiger partial charge in [0.15, 0.2) is 5.82 Å². The van der Waals surface area contributed by atoms with Gasteiger partial charge in [-0.25, -0.2) is 17.8 Å². The highest BCUT2D eigenvalue weighted by molar-refractivity contribution is 9.09. The lowest BCUT2D eigenvalue weighted by Crippen LogP contribution is -2.38. The Bertz CT molecular complexity index is 494. The minimum atomic E-state index is -3.88. The number of alkyl halides is 1. The van der Waals surface area contributed by atoms with Crippen molar-refractivity contribution in [2.75, 3.05) is 11.9 Å². The van der Waals surface area contributed by atoms with Crippen LogP contribution in [0.5, 0.6) is 0 Å². The van der Waals surface area contributed by atoms with Crippen LogP contribution in [-0.4, -0.2) is 35.6 Å². The quantitative estimate of drug-likeness (QED) is 0.748. The Morgan fingerprint density at radius 1 is 1.50 bits per heavy atom. The van der Waals surface area contributed by atoms with Crippen LogP contribution in [0, 0.1) is 5.82 Å². The molecule has 0 atom stereocenters. The van der Waals surface area contributed by atoms with E-state index in [0.29, 0.717) is 18.3 Å². The predicted molar refractivity (Wildman–Crippen MR) is 71.6 cm³/mol. The fourth-order valence-corrected chi connectivity index (χ4v) is 3.45. The summed E-state index contributed by atoms with van der Waals surface area (Å²) in [6, 6.07) is 2.23. The van der Waals surface area contributed by atoms with E-state index in [1.54, 1.807) is 13.8 Å². The Kier molecular flexibility index (Phi) is 5.68. The number of hydrogen-bond acceptors (Lipinski definition) is 3. The fraction of sp³-hybridized carbons (Fsp3) is 0.545. The second-order valence-electron chi connectivity index (χ2n) is 4.04. The molecule has 0 unspecified atom stereocenters. The van der Waals surface area contributed by atoms with E-state index in [0.717, 1.165) is 6.07 Å². The lowest BCUT2D eigenvalue weighted by molar-refractivity contribution is 0.351. The van der Waals surface area contributed by atoms with Crippen LogP contribution in [0.25, 0.3) is 0 Å². The lowest BCUT2D eigenvalue weighted by atomic mass is 10.4. The molecule has 0 saturated heterocycles. The molecule has 4 nitrogen and oxygen atoms in total. The number of pyridine rings is 1. The van der Waals surface area contributed by atoms with Crippen molar-refractivity contribution in [3.8, 4) is 0 Å². The summed E-state index contributed by atoms with van der Waals surface area (Å²) in [5, 5.41) is 0.185. The van der Waals surface area contributed by atoms with E-state index in [-0.39, 0.29) is 6.04 Å². The number of sulfonamides is 1. The highest BCUT2D eigenvalue weighted by Crippen LogP contribution is 2.19. The molecule has 0 aliphatic heterocycles. The molecule has 18 heavy (non-hydrogen) atoms. The van der Waals surface area contributed by atoms with Crippen molar-refractivity contribution in [3.05, 3.63) is 24.1 Å². The molecule has 0 bridgehead atoms. The highest BCUT2D eigenvalue weighted by atomic mass is 79.9. The Labute approximate surface area is 115 Å². The van der Waals surface area contributed by atoms with Gasteiger partial charge in [0.2, 0.25) is 5.03 Å². The van der Waals surface area contributed by atoms with Gasteiger partial charge in [0.05, 0.1) is 0 Å². The van der Waals surface area contributed by atoms with E-state index < -0.39 is 20.9 Å². The normalized spacial score (nSPS) is 12.3. The molecule has 1 rings (SSSR count). The fourth-order valence-electron chi connectivity index (χ4n) is 1.54. The third-order valence-corrected chi connectivity index (χ3v) is 4.94. The van der Waals surface area contributed by atoms with Gasteiger partial charge in [-0.05, 0) is 32.4 Å². The maximum Gasteiger partial charge on any atom is 0.263 e. The highest BCUT2D eigenvalue weighted by Gasteiger charge is 2.30. The predicted octanol–water partition coefficient (Wildman–Crippen LogP) is 2.40. The first kappa shape index (κ1) is 15.5. The molecule has 1 heterocycles. The van der Waals surface area contributed by atoms with Gasteiger partial charge in [0.25, 0.3) is 10.0 Å². The molecular weight excluding hydrogens is 323 g/mol. The zero-order valence-corrected chi connectivity index (χ0v) is 12.7. The molecule has 0 amide bonds. The first-order valence-electron chi connectivity index (χ1n) is 5.59. The third kappa shape index (κ3) is 3.49. The van der Waals surface area contributed by atoms with Crippen molar-refractivity contribution >= 4 is 26.0 Å². The van der Waals surface area contributed by atoms with Crippen LogP contribution in [0.4, 0.5) is 4.39 Å². The molecular formula is C11H16BrFN2O2S. The lowest BCUT2D eigenvalue weighted by Gasteiger charge is -2.25. The number of rotatable bonds is 6. The van der Waals surface area contributed by atoms with Crippen LogP contribution in [0.3, 0.4) is 0 Å². The second kappa shape index (κ2) is 6.58. The van der Waals surface area contributed by atoms with Gasteiger partial charge >= 0.3 is 0 Å². The Morgan fingerprint density at radius 3 is 2.67 bits per heavy atom. The molecule has 0 fully saturated rings. The smallest absolute Gasteiger partial charge is 0.241 e. The number of hydrogen-bond donors (Lipinski definition) is 0. The molecule has 0 aliphatic carbocycles. The average Bonchev–Trinajstić information content (AvgIpc) is 2.29. The summed E-state index contributed by atoms with van der Waals surface area (Å²) in [7, 11) is -3.88. The Morgan fingerprint density at radius 2 is 2.17 bits per heavy atom. The summed E-state index contributed by atoms with van der Waals surface area (Å²) in [5.74, 6) is -0.818. The Hall–Kier alpha value is -0.530. The van der Waals surface area contributed by atoms with Crippen molar-refractivity contribution < 1.29 is 12.8 Å². The molecule has 0 N–H and O–H groups in total. The van der Waals surface area contributed by atoms with Crippen molar-refractivity contribution in [2.45, 2.75) is 31.3 Å². The molecule has 1 aromatic rings. The minimum Gasteiger partial charge on any atom is -0.241 e. The minimum absolute atomic E-state index is 0.240. The van der Waals surface area contributed by atoms with Gasteiger partial charge in [0.1, 0.15) is 0 Å². The summed E-state index contributed by atoms with van der Waals surface area (Å²) >= 11 is 3.25. The van der Waals surface area contributed by atoms with Gasteiger partial charge in [-0.3, -0.25) is 0 Å². The SMILES string of the molecule is CC(C)N(CCCBr)S(=O)(=O)c1ncccc1F. The van der Waals surface area contributed by atoms with Gasteiger partial charge in [-0.15, -0.1) is 0 Å². The molecule has 0 aromatic carbocycles. The zero-order chi connectivity index (χ0) is 13.8. The van der Waals surface area contributed by atoms with E-state index in [1.165, 1.54) is 16.6 Å². The summed E-state index contributed by atoms with van der Waals surface area (Å²) in [4.78, 5) is 3.64. The molecule has 0 aliphatic rings.